The first kappa shape index (κ1) is 15.8. The second-order valence-electron chi connectivity index (χ2n) is 3.20. The van der Waals surface area contributed by atoms with Gasteiger partial charge in [-0.05, 0) is 6.42 Å². The van der Waals surface area contributed by atoms with Gasteiger partial charge in [-0.2, -0.15) is 0 Å². The Bertz CT molecular complexity index is 58.9. The van der Waals surface area contributed by atoms with Gasteiger partial charge in [0.15, 0.2) is 0 Å². The van der Waals surface area contributed by atoms with Crippen LogP contribution in [0.25, 0.3) is 0 Å². The Labute approximate surface area is 110 Å². The number of aliphatic hydroxyl groups excluding tert-OH is 1. The van der Waals surface area contributed by atoms with Crippen molar-refractivity contribution in [1.82, 2.24) is 0 Å². The van der Waals surface area contributed by atoms with Crippen molar-refractivity contribution in [2.24, 2.45) is 0 Å². The Balaban J connectivity index is 0. The van der Waals surface area contributed by atoms with Crippen LogP contribution in [0, 0.1) is 41.3 Å². The Kier molecular flexibility index (Phi) is 19.5. The molecule has 0 atom stereocenters. The van der Waals surface area contributed by atoms with Crippen LogP contribution in [-0.4, -0.2) is 11.7 Å². The smallest absolute Gasteiger partial charge is 0.0431 e. The zero-order chi connectivity index (χ0) is 8.36. The van der Waals surface area contributed by atoms with Crippen molar-refractivity contribution in [3.05, 3.63) is 0 Å². The quantitative estimate of drug-likeness (QED) is 0.683. The molecule has 0 amide bonds. The van der Waals surface area contributed by atoms with E-state index in [1.165, 1.54) is 44.9 Å². The van der Waals surface area contributed by atoms with Crippen LogP contribution in [0.5, 0.6) is 0 Å². The second kappa shape index (κ2) is 14.8. The van der Waals surface area contributed by atoms with Gasteiger partial charge in [0, 0.05) is 47.9 Å². The topological polar surface area (TPSA) is 20.2 Å². The molecule has 0 saturated heterocycles. The van der Waals surface area contributed by atoms with Gasteiger partial charge in [0.2, 0.25) is 0 Å². The van der Waals surface area contributed by atoms with E-state index in [-0.39, 0.29) is 41.3 Å². The molecule has 0 aromatic carbocycles. The molecular formula is C10H22OPr. The number of rotatable bonds is 8. The summed E-state index contributed by atoms with van der Waals surface area (Å²) in [6, 6.07) is 0. The molecule has 0 aliphatic rings. The van der Waals surface area contributed by atoms with Crippen molar-refractivity contribution in [2.45, 2.75) is 58.3 Å². The monoisotopic (exact) mass is 299 g/mol. The van der Waals surface area contributed by atoms with Crippen molar-refractivity contribution < 1.29 is 46.4 Å². The molecule has 0 aromatic heterocycles. The molecule has 0 aliphatic carbocycles. The van der Waals surface area contributed by atoms with Gasteiger partial charge in [-0.1, -0.05) is 51.9 Å². The van der Waals surface area contributed by atoms with E-state index in [0.29, 0.717) is 6.61 Å². The third-order valence-corrected chi connectivity index (χ3v) is 2.01. The van der Waals surface area contributed by atoms with Crippen molar-refractivity contribution in [3.63, 3.8) is 0 Å². The molecule has 0 spiro atoms. The number of hydrogen-bond acceptors (Lipinski definition) is 1. The summed E-state index contributed by atoms with van der Waals surface area (Å²) in [7, 11) is 0. The Hall–Kier alpha value is 1.32. The average molecular weight is 299 g/mol. The summed E-state index contributed by atoms with van der Waals surface area (Å²) in [5.41, 5.74) is 0. The van der Waals surface area contributed by atoms with Gasteiger partial charge in [0.05, 0.1) is 0 Å². The molecule has 2 heteroatoms. The van der Waals surface area contributed by atoms with Crippen LogP contribution in [-0.2, 0) is 0 Å². The van der Waals surface area contributed by atoms with E-state index >= 15 is 0 Å². The summed E-state index contributed by atoms with van der Waals surface area (Å²) in [5.74, 6) is 0. The Morgan fingerprint density at radius 2 is 1.17 bits per heavy atom. The van der Waals surface area contributed by atoms with Crippen LogP contribution in [0.2, 0.25) is 0 Å². The van der Waals surface area contributed by atoms with Crippen LogP contribution in [0.15, 0.2) is 0 Å². The van der Waals surface area contributed by atoms with Gasteiger partial charge in [0.1, 0.15) is 0 Å². The molecule has 0 aromatic rings. The SMILES string of the molecule is CCCCCCCCCCO.[Pr]. The van der Waals surface area contributed by atoms with E-state index in [4.69, 9.17) is 5.11 Å². The third kappa shape index (κ3) is 13.9. The minimum absolute atomic E-state index is 0. The maximum Gasteiger partial charge on any atom is 0.0431 e. The Morgan fingerprint density at radius 3 is 1.58 bits per heavy atom. The number of unbranched alkanes of at least 4 members (excludes halogenated alkanes) is 7. The average Bonchev–Trinajstić information content (AvgIpc) is 2.03. The zero-order valence-corrected chi connectivity index (χ0v) is 12.1. The summed E-state index contributed by atoms with van der Waals surface area (Å²) in [4.78, 5) is 0. The predicted octanol–water partition coefficient (Wildman–Crippen LogP) is 3.12. The molecule has 0 aliphatic heterocycles. The van der Waals surface area contributed by atoms with E-state index in [1.807, 2.05) is 0 Å². The molecule has 12 heavy (non-hydrogen) atoms. The fourth-order valence-electron chi connectivity index (χ4n) is 1.25. The summed E-state index contributed by atoms with van der Waals surface area (Å²) in [6.45, 7) is 2.61. The maximum atomic E-state index is 8.51. The number of hydrogen-bond donors (Lipinski definition) is 1. The van der Waals surface area contributed by atoms with Crippen molar-refractivity contribution in [3.8, 4) is 0 Å². The molecule has 0 rings (SSSR count). The molecule has 1 N–H and O–H groups in total. The molecule has 0 unspecified atom stereocenters. The first-order chi connectivity index (χ1) is 5.41. The van der Waals surface area contributed by atoms with Gasteiger partial charge < -0.3 is 5.11 Å². The molecule has 71 valence electrons. The van der Waals surface area contributed by atoms with Crippen LogP contribution >= 0.6 is 0 Å². The van der Waals surface area contributed by atoms with E-state index < -0.39 is 0 Å². The summed E-state index contributed by atoms with van der Waals surface area (Å²) >= 11 is 0. The van der Waals surface area contributed by atoms with Gasteiger partial charge in [-0.25, -0.2) is 0 Å². The summed E-state index contributed by atoms with van der Waals surface area (Å²) in [6.07, 6.45) is 10.4. The van der Waals surface area contributed by atoms with E-state index in [1.54, 1.807) is 0 Å². The predicted molar refractivity (Wildman–Crippen MR) is 49.7 cm³/mol. The van der Waals surface area contributed by atoms with E-state index in [9.17, 15) is 0 Å². The fourth-order valence-corrected chi connectivity index (χ4v) is 1.25. The van der Waals surface area contributed by atoms with E-state index in [2.05, 4.69) is 6.92 Å². The van der Waals surface area contributed by atoms with Crippen molar-refractivity contribution >= 4 is 0 Å². The molecule has 1 nitrogen and oxygen atoms in total. The van der Waals surface area contributed by atoms with Crippen LogP contribution < -0.4 is 0 Å². The van der Waals surface area contributed by atoms with Crippen LogP contribution in [0.4, 0.5) is 0 Å². The third-order valence-electron chi connectivity index (χ3n) is 2.01. The van der Waals surface area contributed by atoms with Gasteiger partial charge >= 0.3 is 0 Å². The minimum Gasteiger partial charge on any atom is -0.396 e. The number of aliphatic hydroxyl groups is 1. The van der Waals surface area contributed by atoms with Gasteiger partial charge in [-0.15, -0.1) is 0 Å². The molecule has 1 radical (unpaired) electrons. The Morgan fingerprint density at radius 1 is 0.750 bits per heavy atom. The normalized spacial score (nSPS) is 9.50. The molecule has 0 heterocycles. The first-order valence-corrected chi connectivity index (χ1v) is 5.02. The van der Waals surface area contributed by atoms with Gasteiger partial charge in [0.25, 0.3) is 0 Å². The largest absolute Gasteiger partial charge is 0.396 e. The zero-order valence-electron chi connectivity index (χ0n) is 8.39. The fraction of sp³-hybridized carbons (Fsp3) is 1.00. The van der Waals surface area contributed by atoms with Crippen molar-refractivity contribution in [1.29, 1.82) is 0 Å². The molecule has 0 bridgehead atoms. The van der Waals surface area contributed by atoms with Crippen molar-refractivity contribution in [2.75, 3.05) is 6.61 Å². The minimum atomic E-state index is 0. The second-order valence-corrected chi connectivity index (χ2v) is 3.20. The molecule has 0 fully saturated rings. The standard InChI is InChI=1S/C10H22O.Pr/c1-2-3-4-5-6-7-8-9-10-11;/h11H,2-10H2,1H3;. The first-order valence-electron chi connectivity index (χ1n) is 5.02. The van der Waals surface area contributed by atoms with E-state index in [0.717, 1.165) is 6.42 Å². The molecule has 0 saturated carbocycles. The van der Waals surface area contributed by atoms with Crippen LogP contribution in [0.3, 0.4) is 0 Å². The van der Waals surface area contributed by atoms with Crippen LogP contribution in [0.1, 0.15) is 58.3 Å². The summed E-state index contributed by atoms with van der Waals surface area (Å²) < 4.78 is 0. The van der Waals surface area contributed by atoms with Gasteiger partial charge in [-0.3, -0.25) is 0 Å². The maximum absolute atomic E-state index is 8.51. The molecular weight excluding hydrogens is 277 g/mol. The summed E-state index contributed by atoms with van der Waals surface area (Å²) in [5, 5.41) is 8.51.